The van der Waals surface area contributed by atoms with Crippen molar-refractivity contribution < 1.29 is 9.59 Å². The highest BCUT2D eigenvalue weighted by Crippen LogP contribution is 2.33. The first-order valence-corrected chi connectivity index (χ1v) is 6.01. The SMILES string of the molecule is Cc1cccc2c1NC(=O)C2NCCCC(N)=O. The second kappa shape index (κ2) is 5.18. The molecule has 0 saturated carbocycles. The van der Waals surface area contributed by atoms with Crippen LogP contribution in [0, 0.1) is 6.92 Å². The molecule has 1 aromatic carbocycles. The van der Waals surface area contributed by atoms with E-state index in [2.05, 4.69) is 10.6 Å². The first-order chi connectivity index (χ1) is 8.59. The van der Waals surface area contributed by atoms with Crippen molar-refractivity contribution in [3.05, 3.63) is 29.3 Å². The molecule has 0 spiro atoms. The molecule has 96 valence electrons. The maximum atomic E-state index is 11.8. The minimum Gasteiger partial charge on any atom is -0.370 e. The number of anilines is 1. The Morgan fingerprint density at radius 1 is 1.50 bits per heavy atom. The van der Waals surface area contributed by atoms with E-state index in [9.17, 15) is 9.59 Å². The quantitative estimate of drug-likeness (QED) is 0.674. The molecule has 0 fully saturated rings. The number of aryl methyl sites for hydroxylation is 1. The number of nitrogens with two attached hydrogens (primary N) is 1. The Labute approximate surface area is 106 Å². The molecule has 1 heterocycles. The number of benzene rings is 1. The van der Waals surface area contributed by atoms with Gasteiger partial charge >= 0.3 is 0 Å². The van der Waals surface area contributed by atoms with Crippen LogP contribution in [0.1, 0.15) is 30.0 Å². The fourth-order valence-corrected chi connectivity index (χ4v) is 2.15. The monoisotopic (exact) mass is 247 g/mol. The summed E-state index contributed by atoms with van der Waals surface area (Å²) in [6.07, 6.45) is 0.974. The van der Waals surface area contributed by atoms with Crippen LogP contribution in [0.15, 0.2) is 18.2 Å². The summed E-state index contributed by atoms with van der Waals surface area (Å²) in [5, 5.41) is 6.02. The van der Waals surface area contributed by atoms with Crippen LogP contribution in [-0.4, -0.2) is 18.4 Å². The predicted molar refractivity (Wildman–Crippen MR) is 69.0 cm³/mol. The molecule has 4 N–H and O–H groups in total. The van der Waals surface area contributed by atoms with Crippen molar-refractivity contribution in [1.29, 1.82) is 0 Å². The van der Waals surface area contributed by atoms with Crippen molar-refractivity contribution >= 4 is 17.5 Å². The van der Waals surface area contributed by atoms with E-state index >= 15 is 0 Å². The molecule has 0 aromatic heterocycles. The lowest BCUT2D eigenvalue weighted by Gasteiger charge is -2.11. The number of carbonyl (C=O) groups excluding carboxylic acids is 2. The van der Waals surface area contributed by atoms with Gasteiger partial charge in [-0.3, -0.25) is 9.59 Å². The molecular weight excluding hydrogens is 230 g/mol. The summed E-state index contributed by atoms with van der Waals surface area (Å²) in [4.78, 5) is 22.5. The highest BCUT2D eigenvalue weighted by Gasteiger charge is 2.30. The van der Waals surface area contributed by atoms with E-state index in [4.69, 9.17) is 5.73 Å². The van der Waals surface area contributed by atoms with Crippen molar-refractivity contribution in [3.63, 3.8) is 0 Å². The average molecular weight is 247 g/mol. The number of carbonyl (C=O) groups is 2. The minimum absolute atomic E-state index is 0.0432. The van der Waals surface area contributed by atoms with Gasteiger partial charge in [-0.05, 0) is 25.5 Å². The Hall–Kier alpha value is -1.88. The van der Waals surface area contributed by atoms with Crippen LogP contribution in [0.2, 0.25) is 0 Å². The summed E-state index contributed by atoms with van der Waals surface area (Å²) in [5.74, 6) is -0.359. The second-order valence-corrected chi connectivity index (χ2v) is 4.49. The maximum absolute atomic E-state index is 11.8. The van der Waals surface area contributed by atoms with Crippen molar-refractivity contribution in [2.24, 2.45) is 5.73 Å². The number of fused-ring (bicyclic) bond motifs is 1. The van der Waals surface area contributed by atoms with Crippen LogP contribution in [0.3, 0.4) is 0 Å². The lowest BCUT2D eigenvalue weighted by atomic mass is 10.1. The van der Waals surface area contributed by atoms with Crippen LogP contribution in [-0.2, 0) is 9.59 Å². The van der Waals surface area contributed by atoms with Gasteiger partial charge in [-0.2, -0.15) is 0 Å². The summed E-state index contributed by atoms with van der Waals surface area (Å²) < 4.78 is 0. The first kappa shape index (κ1) is 12.6. The molecule has 1 atom stereocenters. The highest BCUT2D eigenvalue weighted by atomic mass is 16.2. The molecule has 0 saturated heterocycles. The molecule has 0 aliphatic carbocycles. The van der Waals surface area contributed by atoms with Gasteiger partial charge in [0.05, 0.1) is 0 Å². The Morgan fingerprint density at radius 2 is 2.28 bits per heavy atom. The first-order valence-electron chi connectivity index (χ1n) is 6.01. The topological polar surface area (TPSA) is 84.2 Å². The van der Waals surface area contributed by atoms with Crippen LogP contribution in [0.5, 0.6) is 0 Å². The molecule has 0 bridgehead atoms. The molecule has 1 unspecified atom stereocenters. The van der Waals surface area contributed by atoms with Gasteiger partial charge in [-0.25, -0.2) is 0 Å². The van der Waals surface area contributed by atoms with Gasteiger partial charge in [-0.15, -0.1) is 0 Å². The zero-order valence-corrected chi connectivity index (χ0v) is 10.3. The second-order valence-electron chi connectivity index (χ2n) is 4.49. The molecule has 5 nitrogen and oxygen atoms in total. The van der Waals surface area contributed by atoms with Gasteiger partial charge in [0.2, 0.25) is 11.8 Å². The fraction of sp³-hybridized carbons (Fsp3) is 0.385. The Balaban J connectivity index is 2.00. The van der Waals surface area contributed by atoms with Crippen LogP contribution in [0.4, 0.5) is 5.69 Å². The van der Waals surface area contributed by atoms with Gasteiger partial charge in [0, 0.05) is 17.7 Å². The molecular formula is C13H17N3O2. The molecule has 0 radical (unpaired) electrons. The third-order valence-corrected chi connectivity index (χ3v) is 3.07. The number of primary amides is 1. The smallest absolute Gasteiger partial charge is 0.246 e. The fourth-order valence-electron chi connectivity index (χ4n) is 2.15. The normalized spacial score (nSPS) is 17.4. The number of hydrogen-bond acceptors (Lipinski definition) is 3. The number of nitrogens with one attached hydrogen (secondary N) is 2. The summed E-state index contributed by atoms with van der Waals surface area (Å²) in [5.41, 5.74) is 7.99. The molecule has 18 heavy (non-hydrogen) atoms. The zero-order valence-electron chi connectivity index (χ0n) is 10.3. The molecule has 5 heteroatoms. The lowest BCUT2D eigenvalue weighted by molar-refractivity contribution is -0.118. The molecule has 1 aliphatic heterocycles. The highest BCUT2D eigenvalue weighted by molar-refractivity contribution is 6.03. The standard InChI is InChI=1S/C13H17N3O2/c1-8-4-2-5-9-11(8)16-13(18)12(9)15-7-3-6-10(14)17/h2,4-5,12,15H,3,6-7H2,1H3,(H2,14,17)(H,16,18). The Kier molecular flexibility index (Phi) is 3.62. The van der Waals surface area contributed by atoms with Crippen molar-refractivity contribution in [3.8, 4) is 0 Å². The van der Waals surface area contributed by atoms with E-state index in [1.807, 2.05) is 25.1 Å². The van der Waals surface area contributed by atoms with Crippen LogP contribution < -0.4 is 16.4 Å². The van der Waals surface area contributed by atoms with E-state index in [0.717, 1.165) is 16.8 Å². The number of rotatable bonds is 5. The van der Waals surface area contributed by atoms with Crippen LogP contribution >= 0.6 is 0 Å². The largest absolute Gasteiger partial charge is 0.370 e. The van der Waals surface area contributed by atoms with Crippen molar-refractivity contribution in [2.45, 2.75) is 25.8 Å². The lowest BCUT2D eigenvalue weighted by Crippen LogP contribution is -2.28. The maximum Gasteiger partial charge on any atom is 0.246 e. The average Bonchev–Trinajstić information content (AvgIpc) is 2.63. The Morgan fingerprint density at radius 3 is 3.00 bits per heavy atom. The summed E-state index contributed by atoms with van der Waals surface area (Å²) in [6, 6.07) is 5.51. The van der Waals surface area contributed by atoms with E-state index in [1.165, 1.54) is 0 Å². The predicted octanol–water partition coefficient (Wildman–Crippen LogP) is 0.843. The molecule has 2 rings (SSSR count). The Bertz CT molecular complexity index is 485. The third-order valence-electron chi connectivity index (χ3n) is 3.07. The van der Waals surface area contributed by atoms with Gasteiger partial charge < -0.3 is 16.4 Å². The van der Waals surface area contributed by atoms with Gasteiger partial charge in [0.15, 0.2) is 0 Å². The van der Waals surface area contributed by atoms with E-state index < -0.39 is 0 Å². The van der Waals surface area contributed by atoms with Gasteiger partial charge in [-0.1, -0.05) is 18.2 Å². The van der Waals surface area contributed by atoms with E-state index in [0.29, 0.717) is 19.4 Å². The number of hydrogen-bond donors (Lipinski definition) is 3. The van der Waals surface area contributed by atoms with Crippen LogP contribution in [0.25, 0.3) is 0 Å². The molecule has 2 amide bonds. The van der Waals surface area contributed by atoms with Gasteiger partial charge in [0.25, 0.3) is 0 Å². The summed E-state index contributed by atoms with van der Waals surface area (Å²) in [6.45, 7) is 2.56. The van der Waals surface area contributed by atoms with Crippen molar-refractivity contribution in [2.75, 3.05) is 11.9 Å². The molecule has 1 aromatic rings. The summed E-state index contributed by atoms with van der Waals surface area (Å²) in [7, 11) is 0. The van der Waals surface area contributed by atoms with E-state index in [1.54, 1.807) is 0 Å². The van der Waals surface area contributed by atoms with Gasteiger partial charge in [0.1, 0.15) is 6.04 Å². The number of amides is 2. The molecule has 1 aliphatic rings. The van der Waals surface area contributed by atoms with Crippen molar-refractivity contribution in [1.82, 2.24) is 5.32 Å². The zero-order chi connectivity index (χ0) is 13.1. The third kappa shape index (κ3) is 2.51. The summed E-state index contributed by atoms with van der Waals surface area (Å²) >= 11 is 0. The number of para-hydroxylation sites is 1. The van der Waals surface area contributed by atoms with E-state index in [-0.39, 0.29) is 17.9 Å². The minimum atomic E-state index is -0.326.